The molecule has 4 nitrogen and oxygen atoms in total. The highest BCUT2D eigenvalue weighted by atomic mass is 15.3. The first-order valence-electron chi connectivity index (χ1n) is 4.84. The molecular weight excluding hydrogens is 164 g/mol. The largest absolute Gasteiger partial charge is 0.373 e. The zero-order valence-corrected chi connectivity index (χ0v) is 7.95. The van der Waals surface area contributed by atoms with E-state index in [4.69, 9.17) is 0 Å². The van der Waals surface area contributed by atoms with E-state index in [9.17, 15) is 0 Å². The second kappa shape index (κ2) is 3.79. The maximum atomic E-state index is 4.32. The molecule has 72 valence electrons. The van der Waals surface area contributed by atoms with E-state index < -0.39 is 0 Å². The number of rotatable bonds is 2. The third-order valence-electron chi connectivity index (χ3n) is 2.54. The van der Waals surface area contributed by atoms with E-state index in [0.717, 1.165) is 18.9 Å². The van der Waals surface area contributed by atoms with Crippen molar-refractivity contribution < 1.29 is 0 Å². The molecule has 0 spiro atoms. The molecule has 2 N–H and O–H groups in total. The van der Waals surface area contributed by atoms with Crippen molar-refractivity contribution in [1.29, 1.82) is 0 Å². The summed E-state index contributed by atoms with van der Waals surface area (Å²) in [6.07, 6.45) is 4.32. The van der Waals surface area contributed by atoms with Crippen LogP contribution < -0.4 is 10.6 Å². The van der Waals surface area contributed by atoms with Crippen molar-refractivity contribution >= 4 is 5.82 Å². The van der Waals surface area contributed by atoms with Gasteiger partial charge in [0.25, 0.3) is 0 Å². The predicted molar refractivity (Wildman–Crippen MR) is 52.9 cm³/mol. The molecule has 0 radical (unpaired) electrons. The summed E-state index contributed by atoms with van der Waals surface area (Å²) < 4.78 is 2.08. The molecule has 13 heavy (non-hydrogen) atoms. The van der Waals surface area contributed by atoms with Gasteiger partial charge >= 0.3 is 0 Å². The SMILES string of the molecule is CNc1ccnn1C1CCCNC1. The van der Waals surface area contributed by atoms with Crippen LogP contribution in [0.4, 0.5) is 5.82 Å². The first-order chi connectivity index (χ1) is 6.42. The van der Waals surface area contributed by atoms with Crippen molar-refractivity contribution in [3.05, 3.63) is 12.3 Å². The van der Waals surface area contributed by atoms with Crippen LogP contribution in [0, 0.1) is 0 Å². The van der Waals surface area contributed by atoms with Gasteiger partial charge in [-0.25, -0.2) is 4.68 Å². The Kier molecular flexibility index (Phi) is 2.49. The van der Waals surface area contributed by atoms with Crippen molar-refractivity contribution in [3.8, 4) is 0 Å². The zero-order valence-electron chi connectivity index (χ0n) is 7.95. The first kappa shape index (κ1) is 8.56. The number of anilines is 1. The molecule has 4 heteroatoms. The van der Waals surface area contributed by atoms with Crippen molar-refractivity contribution in [3.63, 3.8) is 0 Å². The summed E-state index contributed by atoms with van der Waals surface area (Å²) in [4.78, 5) is 0. The maximum Gasteiger partial charge on any atom is 0.124 e. The average molecular weight is 180 g/mol. The van der Waals surface area contributed by atoms with E-state index in [1.165, 1.54) is 12.8 Å². The van der Waals surface area contributed by atoms with Crippen LogP contribution >= 0.6 is 0 Å². The Morgan fingerprint density at radius 3 is 3.31 bits per heavy atom. The van der Waals surface area contributed by atoms with Gasteiger partial charge in [0.05, 0.1) is 12.2 Å². The molecule has 1 aliphatic rings. The lowest BCUT2D eigenvalue weighted by molar-refractivity contribution is 0.350. The van der Waals surface area contributed by atoms with Crippen LogP contribution in [0.5, 0.6) is 0 Å². The fourth-order valence-electron chi connectivity index (χ4n) is 1.85. The average Bonchev–Trinajstić information content (AvgIpc) is 2.67. The summed E-state index contributed by atoms with van der Waals surface area (Å²) in [5, 5.41) is 10.9. The molecule has 1 atom stereocenters. The van der Waals surface area contributed by atoms with Gasteiger partial charge in [-0.1, -0.05) is 0 Å². The molecule has 1 unspecified atom stereocenters. The van der Waals surface area contributed by atoms with Gasteiger partial charge in [0.2, 0.25) is 0 Å². The van der Waals surface area contributed by atoms with Gasteiger partial charge < -0.3 is 10.6 Å². The Hall–Kier alpha value is -1.03. The summed E-state index contributed by atoms with van der Waals surface area (Å²) in [5.41, 5.74) is 0. The monoisotopic (exact) mass is 180 g/mol. The Morgan fingerprint density at radius 2 is 2.62 bits per heavy atom. The molecule has 2 heterocycles. The van der Waals surface area contributed by atoms with Gasteiger partial charge in [-0.2, -0.15) is 5.10 Å². The third-order valence-corrected chi connectivity index (χ3v) is 2.54. The van der Waals surface area contributed by atoms with Gasteiger partial charge in [-0.05, 0) is 19.4 Å². The Bertz CT molecular complexity index is 262. The van der Waals surface area contributed by atoms with Crippen molar-refractivity contribution in [2.75, 3.05) is 25.5 Å². The fourth-order valence-corrected chi connectivity index (χ4v) is 1.85. The number of hydrogen-bond donors (Lipinski definition) is 2. The summed E-state index contributed by atoms with van der Waals surface area (Å²) in [7, 11) is 1.93. The van der Waals surface area contributed by atoms with Gasteiger partial charge in [0.15, 0.2) is 0 Å². The lowest BCUT2D eigenvalue weighted by Crippen LogP contribution is -2.32. The van der Waals surface area contributed by atoms with E-state index in [1.54, 1.807) is 0 Å². The minimum atomic E-state index is 0.520. The molecule has 0 aromatic carbocycles. The van der Waals surface area contributed by atoms with Crippen LogP contribution in [0.2, 0.25) is 0 Å². The molecule has 0 saturated carbocycles. The van der Waals surface area contributed by atoms with Crippen molar-refractivity contribution in [2.24, 2.45) is 0 Å². The lowest BCUT2D eigenvalue weighted by Gasteiger charge is -2.24. The molecule has 1 aromatic rings. The highest BCUT2D eigenvalue weighted by Gasteiger charge is 2.16. The molecule has 1 fully saturated rings. The highest BCUT2D eigenvalue weighted by molar-refractivity contribution is 5.33. The topological polar surface area (TPSA) is 41.9 Å². The quantitative estimate of drug-likeness (QED) is 0.709. The van der Waals surface area contributed by atoms with Gasteiger partial charge in [0.1, 0.15) is 5.82 Å². The third kappa shape index (κ3) is 1.67. The number of nitrogens with one attached hydrogen (secondary N) is 2. The zero-order chi connectivity index (χ0) is 9.10. The van der Waals surface area contributed by atoms with Gasteiger partial charge in [0, 0.05) is 19.7 Å². The number of piperidine rings is 1. The summed E-state index contributed by atoms with van der Waals surface area (Å²) in [6.45, 7) is 2.18. The number of aromatic nitrogens is 2. The highest BCUT2D eigenvalue weighted by Crippen LogP contribution is 2.19. The molecule has 1 aliphatic heterocycles. The van der Waals surface area contributed by atoms with E-state index in [-0.39, 0.29) is 0 Å². The second-order valence-electron chi connectivity index (χ2n) is 3.41. The molecule has 0 aliphatic carbocycles. The van der Waals surface area contributed by atoms with Crippen molar-refractivity contribution in [1.82, 2.24) is 15.1 Å². The minimum Gasteiger partial charge on any atom is -0.373 e. The van der Waals surface area contributed by atoms with Crippen LogP contribution in [0.15, 0.2) is 12.3 Å². The Balaban J connectivity index is 2.13. The van der Waals surface area contributed by atoms with Crippen molar-refractivity contribution in [2.45, 2.75) is 18.9 Å². The molecular formula is C9H16N4. The summed E-state index contributed by atoms with van der Waals surface area (Å²) >= 11 is 0. The van der Waals surface area contributed by atoms with Crippen LogP contribution in [0.1, 0.15) is 18.9 Å². The fraction of sp³-hybridized carbons (Fsp3) is 0.667. The van der Waals surface area contributed by atoms with E-state index in [1.807, 2.05) is 19.3 Å². The van der Waals surface area contributed by atoms with Crippen LogP contribution in [0.3, 0.4) is 0 Å². The van der Waals surface area contributed by atoms with E-state index >= 15 is 0 Å². The van der Waals surface area contributed by atoms with Crippen LogP contribution in [0.25, 0.3) is 0 Å². The van der Waals surface area contributed by atoms with Crippen LogP contribution in [-0.2, 0) is 0 Å². The van der Waals surface area contributed by atoms with E-state index in [0.29, 0.717) is 6.04 Å². The Morgan fingerprint density at radius 1 is 1.69 bits per heavy atom. The molecule has 2 rings (SSSR count). The summed E-state index contributed by atoms with van der Waals surface area (Å²) in [5.74, 6) is 1.11. The Labute approximate surface area is 78.3 Å². The number of nitrogens with zero attached hydrogens (tertiary/aromatic N) is 2. The van der Waals surface area contributed by atoms with Gasteiger partial charge in [-0.15, -0.1) is 0 Å². The molecule has 1 saturated heterocycles. The van der Waals surface area contributed by atoms with Crippen LogP contribution in [-0.4, -0.2) is 29.9 Å². The van der Waals surface area contributed by atoms with E-state index in [2.05, 4.69) is 20.4 Å². The standard InChI is InChI=1S/C9H16N4/c1-10-9-4-6-12-13(9)8-3-2-5-11-7-8/h4,6,8,10-11H,2-3,5,7H2,1H3. The van der Waals surface area contributed by atoms with Gasteiger partial charge in [-0.3, -0.25) is 0 Å². The molecule has 0 bridgehead atoms. The molecule has 0 amide bonds. The smallest absolute Gasteiger partial charge is 0.124 e. The number of hydrogen-bond acceptors (Lipinski definition) is 3. The maximum absolute atomic E-state index is 4.32. The predicted octanol–water partition coefficient (Wildman–Crippen LogP) is 0.849. The normalized spacial score (nSPS) is 23.0. The molecule has 1 aromatic heterocycles. The first-order valence-corrected chi connectivity index (χ1v) is 4.84. The minimum absolute atomic E-state index is 0.520. The lowest BCUT2D eigenvalue weighted by atomic mass is 10.1. The second-order valence-corrected chi connectivity index (χ2v) is 3.41. The summed E-state index contributed by atoms with van der Waals surface area (Å²) in [6, 6.07) is 2.53.